The van der Waals surface area contributed by atoms with Gasteiger partial charge in [0.1, 0.15) is 16.4 Å². The molecule has 6 nitrogen and oxygen atoms in total. The third-order valence-electron chi connectivity index (χ3n) is 3.71. The third-order valence-corrected chi connectivity index (χ3v) is 5.27. The number of sulfonamides is 1. The molecule has 1 aromatic rings. The first-order valence-corrected chi connectivity index (χ1v) is 8.97. The van der Waals surface area contributed by atoms with Crippen molar-refractivity contribution in [3.05, 3.63) is 17.6 Å². The number of hydrogen-bond acceptors (Lipinski definition) is 5. The van der Waals surface area contributed by atoms with Gasteiger partial charge < -0.3 is 14.6 Å². The Morgan fingerprint density at radius 1 is 1.33 bits per heavy atom. The monoisotopic (exact) mass is 315 g/mol. The quantitative estimate of drug-likeness (QED) is 0.702. The van der Waals surface area contributed by atoms with E-state index < -0.39 is 10.0 Å². The SMILES string of the molecule is CNCc1cc(S(=O)(=O)NCCCN2CCCC2)c(C)o1. The molecule has 1 aromatic heterocycles. The third kappa shape index (κ3) is 4.54. The van der Waals surface area contributed by atoms with Crippen molar-refractivity contribution in [2.24, 2.45) is 0 Å². The maximum Gasteiger partial charge on any atom is 0.244 e. The average Bonchev–Trinajstić information content (AvgIpc) is 3.05. The molecule has 0 radical (unpaired) electrons. The molecule has 2 N–H and O–H groups in total. The highest BCUT2D eigenvalue weighted by Gasteiger charge is 2.21. The summed E-state index contributed by atoms with van der Waals surface area (Å²) in [4.78, 5) is 2.62. The zero-order valence-electron chi connectivity index (χ0n) is 12.8. The fourth-order valence-corrected chi connectivity index (χ4v) is 3.92. The molecule has 0 atom stereocenters. The topological polar surface area (TPSA) is 74.6 Å². The van der Waals surface area contributed by atoms with Crippen molar-refractivity contribution in [2.45, 2.75) is 37.6 Å². The summed E-state index contributed by atoms with van der Waals surface area (Å²) in [5.74, 6) is 1.07. The molecular weight excluding hydrogens is 290 g/mol. The molecule has 0 aromatic carbocycles. The van der Waals surface area contributed by atoms with E-state index >= 15 is 0 Å². The zero-order chi connectivity index (χ0) is 15.3. The Bertz CT molecular complexity index is 548. The number of furan rings is 1. The van der Waals surface area contributed by atoms with Gasteiger partial charge in [-0.15, -0.1) is 0 Å². The number of likely N-dealkylation sites (tertiary alicyclic amines) is 1. The lowest BCUT2D eigenvalue weighted by atomic mass is 10.4. The molecule has 0 saturated carbocycles. The predicted molar refractivity (Wildman–Crippen MR) is 81.7 cm³/mol. The highest BCUT2D eigenvalue weighted by Crippen LogP contribution is 2.19. The van der Waals surface area contributed by atoms with Crippen LogP contribution in [0.1, 0.15) is 30.8 Å². The van der Waals surface area contributed by atoms with Crippen LogP contribution in [0.2, 0.25) is 0 Å². The smallest absolute Gasteiger partial charge is 0.244 e. The normalized spacial score (nSPS) is 16.7. The maximum atomic E-state index is 12.3. The number of nitrogens with zero attached hydrogens (tertiary/aromatic N) is 1. The molecule has 0 spiro atoms. The summed E-state index contributed by atoms with van der Waals surface area (Å²) < 4.78 is 32.6. The van der Waals surface area contributed by atoms with Crippen molar-refractivity contribution >= 4 is 10.0 Å². The van der Waals surface area contributed by atoms with Crippen LogP contribution in [0.15, 0.2) is 15.4 Å². The van der Waals surface area contributed by atoms with Gasteiger partial charge in [0.25, 0.3) is 0 Å². The van der Waals surface area contributed by atoms with Crippen LogP contribution in [-0.4, -0.2) is 46.5 Å². The number of rotatable bonds is 8. The van der Waals surface area contributed by atoms with Crippen LogP contribution in [0, 0.1) is 6.92 Å². The molecule has 1 fully saturated rings. The van der Waals surface area contributed by atoms with Gasteiger partial charge in [-0.3, -0.25) is 0 Å². The van der Waals surface area contributed by atoms with E-state index in [1.54, 1.807) is 20.0 Å². The molecule has 1 aliphatic rings. The maximum absolute atomic E-state index is 12.3. The summed E-state index contributed by atoms with van der Waals surface area (Å²) in [6, 6.07) is 1.59. The molecule has 0 bridgehead atoms. The minimum Gasteiger partial charge on any atom is -0.464 e. The van der Waals surface area contributed by atoms with E-state index in [2.05, 4.69) is 14.9 Å². The lowest BCUT2D eigenvalue weighted by Crippen LogP contribution is -2.28. The van der Waals surface area contributed by atoms with Gasteiger partial charge >= 0.3 is 0 Å². The molecule has 2 rings (SSSR count). The van der Waals surface area contributed by atoms with Crippen LogP contribution in [0.5, 0.6) is 0 Å². The highest BCUT2D eigenvalue weighted by atomic mass is 32.2. The zero-order valence-corrected chi connectivity index (χ0v) is 13.6. The summed E-state index contributed by atoms with van der Waals surface area (Å²) in [6.07, 6.45) is 3.35. The number of nitrogens with one attached hydrogen (secondary N) is 2. The molecule has 0 unspecified atom stereocenters. The van der Waals surface area contributed by atoms with E-state index in [9.17, 15) is 8.42 Å². The van der Waals surface area contributed by atoms with E-state index in [1.807, 2.05) is 0 Å². The van der Waals surface area contributed by atoms with E-state index in [1.165, 1.54) is 12.8 Å². The second-order valence-electron chi connectivity index (χ2n) is 5.46. The molecule has 1 saturated heterocycles. The van der Waals surface area contributed by atoms with Crippen molar-refractivity contribution in [1.82, 2.24) is 14.9 Å². The number of hydrogen-bond donors (Lipinski definition) is 2. The first-order valence-electron chi connectivity index (χ1n) is 7.49. The van der Waals surface area contributed by atoms with Crippen molar-refractivity contribution in [1.29, 1.82) is 0 Å². The van der Waals surface area contributed by atoms with Crippen LogP contribution >= 0.6 is 0 Å². The van der Waals surface area contributed by atoms with Crippen LogP contribution in [-0.2, 0) is 16.6 Å². The van der Waals surface area contributed by atoms with Crippen molar-refractivity contribution in [3.63, 3.8) is 0 Å². The summed E-state index contributed by atoms with van der Waals surface area (Å²) in [5.41, 5.74) is 0. The summed E-state index contributed by atoms with van der Waals surface area (Å²) in [6.45, 7) is 5.90. The van der Waals surface area contributed by atoms with Gasteiger partial charge in [0.2, 0.25) is 10.0 Å². The van der Waals surface area contributed by atoms with Crippen molar-refractivity contribution in [3.8, 4) is 0 Å². The molecule has 0 amide bonds. The van der Waals surface area contributed by atoms with E-state index in [-0.39, 0.29) is 4.90 Å². The lowest BCUT2D eigenvalue weighted by molar-refractivity contribution is 0.334. The molecular formula is C14H25N3O3S. The Hall–Kier alpha value is -0.890. The van der Waals surface area contributed by atoms with Crippen molar-refractivity contribution in [2.75, 3.05) is 33.2 Å². The predicted octanol–water partition coefficient (Wildman–Crippen LogP) is 1.07. The van der Waals surface area contributed by atoms with Crippen LogP contribution in [0.3, 0.4) is 0 Å². The van der Waals surface area contributed by atoms with Gasteiger partial charge in [0.15, 0.2) is 0 Å². The number of aryl methyl sites for hydroxylation is 1. The second-order valence-corrected chi connectivity index (χ2v) is 7.20. The van der Waals surface area contributed by atoms with E-state index in [0.29, 0.717) is 24.6 Å². The van der Waals surface area contributed by atoms with Gasteiger partial charge in [-0.1, -0.05) is 0 Å². The summed E-state index contributed by atoms with van der Waals surface area (Å²) in [5, 5.41) is 2.95. The lowest BCUT2D eigenvalue weighted by Gasteiger charge is -2.14. The largest absolute Gasteiger partial charge is 0.464 e. The Morgan fingerprint density at radius 2 is 2.05 bits per heavy atom. The van der Waals surface area contributed by atoms with Crippen molar-refractivity contribution < 1.29 is 12.8 Å². The minimum absolute atomic E-state index is 0.244. The van der Waals surface area contributed by atoms with Crippen LogP contribution in [0.4, 0.5) is 0 Å². The van der Waals surface area contributed by atoms with Gasteiger partial charge in [-0.25, -0.2) is 13.1 Å². The van der Waals surface area contributed by atoms with Crippen LogP contribution < -0.4 is 10.0 Å². The Morgan fingerprint density at radius 3 is 2.71 bits per heavy atom. The first-order chi connectivity index (χ1) is 10.0. The fraction of sp³-hybridized carbons (Fsp3) is 0.714. The van der Waals surface area contributed by atoms with Gasteiger partial charge in [0.05, 0.1) is 6.54 Å². The molecule has 7 heteroatoms. The first kappa shape index (κ1) is 16.5. The second kappa shape index (κ2) is 7.40. The fourth-order valence-electron chi connectivity index (χ4n) is 2.65. The van der Waals surface area contributed by atoms with Crippen LogP contribution in [0.25, 0.3) is 0 Å². The standard InChI is InChI=1S/C14H25N3O3S/c1-12-14(10-13(20-12)11-15-2)21(18,19)16-6-5-9-17-7-3-4-8-17/h10,15-16H,3-9,11H2,1-2H3. The summed E-state index contributed by atoms with van der Waals surface area (Å²) in [7, 11) is -1.68. The van der Waals surface area contributed by atoms with E-state index in [4.69, 9.17) is 4.42 Å². The molecule has 120 valence electrons. The Balaban J connectivity index is 1.85. The highest BCUT2D eigenvalue weighted by molar-refractivity contribution is 7.89. The molecule has 2 heterocycles. The van der Waals surface area contributed by atoms with Gasteiger partial charge in [-0.2, -0.15) is 0 Å². The molecule has 1 aliphatic heterocycles. The minimum atomic E-state index is -3.47. The van der Waals surface area contributed by atoms with Gasteiger partial charge in [0, 0.05) is 12.6 Å². The molecule has 0 aliphatic carbocycles. The Kier molecular flexibility index (Phi) is 5.80. The van der Waals surface area contributed by atoms with E-state index in [0.717, 1.165) is 26.1 Å². The average molecular weight is 315 g/mol. The Labute approximate surface area is 126 Å². The van der Waals surface area contributed by atoms with Gasteiger partial charge in [-0.05, 0) is 52.9 Å². The summed E-state index contributed by atoms with van der Waals surface area (Å²) >= 11 is 0. The molecule has 21 heavy (non-hydrogen) atoms.